The second-order valence-electron chi connectivity index (χ2n) is 6.49. The molecule has 2 aromatic heterocycles. The predicted octanol–water partition coefficient (Wildman–Crippen LogP) is 3.59. The zero-order valence-electron chi connectivity index (χ0n) is 14.3. The van der Waals surface area contributed by atoms with Crippen molar-refractivity contribution in [2.24, 2.45) is 5.92 Å². The first-order valence-corrected chi connectivity index (χ1v) is 9.66. The largest absolute Gasteiger partial charge is 0.344 e. The number of aryl methyl sites for hydroxylation is 1. The van der Waals surface area contributed by atoms with Crippen LogP contribution in [0, 0.1) is 12.8 Å². The number of anilines is 1. The summed E-state index contributed by atoms with van der Waals surface area (Å²) in [5, 5.41) is 5.29. The van der Waals surface area contributed by atoms with Gasteiger partial charge in [0.2, 0.25) is 0 Å². The van der Waals surface area contributed by atoms with E-state index in [-0.39, 0.29) is 11.8 Å². The molecule has 128 valence electrons. The second-order valence-corrected chi connectivity index (χ2v) is 8.45. The van der Waals surface area contributed by atoms with Crippen LogP contribution >= 0.6 is 22.7 Å². The number of thiazole rings is 1. The van der Waals surface area contributed by atoms with Crippen LogP contribution in [0.3, 0.4) is 0 Å². The van der Waals surface area contributed by atoms with Gasteiger partial charge in [0.05, 0.1) is 11.3 Å². The third-order valence-electron chi connectivity index (χ3n) is 4.26. The number of hydrogen-bond acceptors (Lipinski definition) is 5. The van der Waals surface area contributed by atoms with Crippen molar-refractivity contribution in [3.63, 3.8) is 0 Å². The van der Waals surface area contributed by atoms with Gasteiger partial charge in [-0.3, -0.25) is 14.9 Å². The van der Waals surface area contributed by atoms with Crippen LogP contribution in [0.1, 0.15) is 49.5 Å². The summed E-state index contributed by atoms with van der Waals surface area (Å²) in [6, 6.07) is 0. The molecule has 24 heavy (non-hydrogen) atoms. The zero-order valence-corrected chi connectivity index (χ0v) is 15.9. The summed E-state index contributed by atoms with van der Waals surface area (Å²) >= 11 is 2.90. The molecule has 1 N–H and O–H groups in total. The molecule has 0 aromatic carbocycles. The first kappa shape index (κ1) is 17.1. The van der Waals surface area contributed by atoms with Crippen molar-refractivity contribution in [1.82, 2.24) is 9.88 Å². The van der Waals surface area contributed by atoms with E-state index in [4.69, 9.17) is 0 Å². The number of carbonyl (C=O) groups excluding carboxylic acids is 2. The normalized spacial score (nSPS) is 16.6. The van der Waals surface area contributed by atoms with Gasteiger partial charge in [0.15, 0.2) is 5.13 Å². The molecule has 1 unspecified atom stereocenters. The van der Waals surface area contributed by atoms with E-state index in [1.165, 1.54) is 26.7 Å². The first-order chi connectivity index (χ1) is 11.4. The van der Waals surface area contributed by atoms with Gasteiger partial charge in [-0.15, -0.1) is 11.3 Å². The topological polar surface area (TPSA) is 62.3 Å². The van der Waals surface area contributed by atoms with Crippen LogP contribution in [-0.4, -0.2) is 35.8 Å². The van der Waals surface area contributed by atoms with Crippen LogP contribution in [0.25, 0.3) is 0 Å². The second kappa shape index (κ2) is 6.64. The number of nitrogens with one attached hydrogen (secondary N) is 1. The Balaban J connectivity index is 1.79. The monoisotopic (exact) mass is 363 g/mol. The SMILES string of the molecule is Cc1nc(NC(=O)c2csc3c2CCC(C)C3)sc1C(=O)N(C)C. The number of fused-ring (bicyclic) bond motifs is 1. The maximum atomic E-state index is 12.6. The number of rotatable bonds is 3. The minimum absolute atomic E-state index is 0.0904. The highest BCUT2D eigenvalue weighted by atomic mass is 32.1. The summed E-state index contributed by atoms with van der Waals surface area (Å²) < 4.78 is 0. The van der Waals surface area contributed by atoms with Gasteiger partial charge < -0.3 is 4.90 Å². The molecular weight excluding hydrogens is 342 g/mol. The van der Waals surface area contributed by atoms with Gasteiger partial charge in [-0.25, -0.2) is 4.98 Å². The van der Waals surface area contributed by atoms with Gasteiger partial charge in [-0.1, -0.05) is 18.3 Å². The average molecular weight is 364 g/mol. The van der Waals surface area contributed by atoms with Crippen molar-refractivity contribution in [2.75, 3.05) is 19.4 Å². The number of thiophene rings is 1. The van der Waals surface area contributed by atoms with Gasteiger partial charge in [0.1, 0.15) is 4.88 Å². The van der Waals surface area contributed by atoms with Crippen molar-refractivity contribution < 1.29 is 9.59 Å². The van der Waals surface area contributed by atoms with Gasteiger partial charge in [-0.2, -0.15) is 0 Å². The van der Waals surface area contributed by atoms with Gasteiger partial charge in [-0.05, 0) is 37.7 Å². The average Bonchev–Trinajstić information content (AvgIpc) is 3.09. The Bertz CT molecular complexity index is 792. The fraction of sp³-hybridized carbons (Fsp3) is 0.471. The quantitative estimate of drug-likeness (QED) is 0.906. The van der Waals surface area contributed by atoms with Crippen molar-refractivity contribution >= 4 is 39.6 Å². The van der Waals surface area contributed by atoms with Crippen molar-refractivity contribution in [3.05, 3.63) is 32.0 Å². The fourth-order valence-corrected chi connectivity index (χ4v) is 5.11. The summed E-state index contributed by atoms with van der Waals surface area (Å²) in [6.07, 6.45) is 3.15. The van der Waals surface area contributed by atoms with Gasteiger partial charge in [0, 0.05) is 24.4 Å². The minimum Gasteiger partial charge on any atom is -0.344 e. The van der Waals surface area contributed by atoms with Gasteiger partial charge >= 0.3 is 0 Å². The molecule has 5 nitrogen and oxygen atoms in total. The van der Waals surface area contributed by atoms with Crippen molar-refractivity contribution in [1.29, 1.82) is 0 Å². The molecule has 0 saturated carbocycles. The van der Waals surface area contributed by atoms with E-state index < -0.39 is 0 Å². The lowest BCUT2D eigenvalue weighted by Gasteiger charge is -2.18. The lowest BCUT2D eigenvalue weighted by Crippen LogP contribution is -2.21. The summed E-state index contributed by atoms with van der Waals surface area (Å²) in [6.45, 7) is 4.04. The van der Waals surface area contributed by atoms with E-state index in [1.54, 1.807) is 32.4 Å². The molecule has 0 fully saturated rings. The molecule has 1 aliphatic rings. The van der Waals surface area contributed by atoms with Crippen LogP contribution in [-0.2, 0) is 12.8 Å². The summed E-state index contributed by atoms with van der Waals surface area (Å²) in [4.78, 5) is 32.5. The molecule has 1 aliphatic carbocycles. The van der Waals surface area contributed by atoms with Crippen LogP contribution in [0.15, 0.2) is 5.38 Å². The Morgan fingerprint density at radius 2 is 2.12 bits per heavy atom. The molecule has 0 spiro atoms. The Kier molecular flexibility index (Phi) is 4.73. The molecule has 2 aromatic rings. The third-order valence-corrected chi connectivity index (χ3v) is 6.38. The number of carbonyl (C=O) groups is 2. The van der Waals surface area contributed by atoms with E-state index in [9.17, 15) is 9.59 Å². The van der Waals surface area contributed by atoms with Crippen LogP contribution in [0.4, 0.5) is 5.13 Å². The van der Waals surface area contributed by atoms with Crippen molar-refractivity contribution in [2.45, 2.75) is 33.1 Å². The summed E-state index contributed by atoms with van der Waals surface area (Å²) in [7, 11) is 3.41. The molecule has 3 rings (SSSR count). The Hall–Kier alpha value is -1.73. The molecule has 0 saturated heterocycles. The van der Waals surface area contributed by atoms with Crippen molar-refractivity contribution in [3.8, 4) is 0 Å². The molecule has 1 atom stereocenters. The molecule has 0 bridgehead atoms. The molecule has 2 heterocycles. The number of hydrogen-bond donors (Lipinski definition) is 1. The highest BCUT2D eigenvalue weighted by Crippen LogP contribution is 2.33. The van der Waals surface area contributed by atoms with E-state index >= 15 is 0 Å². The number of nitrogens with zero attached hydrogens (tertiary/aromatic N) is 2. The summed E-state index contributed by atoms with van der Waals surface area (Å²) in [5.41, 5.74) is 2.60. The Morgan fingerprint density at radius 1 is 1.38 bits per heavy atom. The Morgan fingerprint density at radius 3 is 2.83 bits per heavy atom. The van der Waals surface area contributed by atoms with E-state index in [1.807, 2.05) is 5.38 Å². The molecule has 0 radical (unpaired) electrons. The first-order valence-electron chi connectivity index (χ1n) is 7.96. The smallest absolute Gasteiger partial charge is 0.265 e. The van der Waals surface area contributed by atoms with E-state index in [2.05, 4.69) is 17.2 Å². The minimum atomic E-state index is -0.125. The maximum Gasteiger partial charge on any atom is 0.265 e. The zero-order chi connectivity index (χ0) is 17.4. The van der Waals surface area contributed by atoms with Gasteiger partial charge in [0.25, 0.3) is 11.8 Å². The lowest BCUT2D eigenvalue weighted by molar-refractivity contribution is 0.0831. The Labute approximate surface area is 149 Å². The maximum absolute atomic E-state index is 12.6. The third kappa shape index (κ3) is 3.23. The molecule has 7 heteroatoms. The number of aromatic nitrogens is 1. The highest BCUT2D eigenvalue weighted by Gasteiger charge is 2.24. The highest BCUT2D eigenvalue weighted by molar-refractivity contribution is 7.17. The lowest BCUT2D eigenvalue weighted by atomic mass is 9.88. The molecule has 0 aliphatic heterocycles. The van der Waals surface area contributed by atoms with Crippen LogP contribution < -0.4 is 5.32 Å². The van der Waals surface area contributed by atoms with E-state index in [0.29, 0.717) is 21.6 Å². The van der Waals surface area contributed by atoms with Crippen LogP contribution in [0.2, 0.25) is 0 Å². The fourth-order valence-electron chi connectivity index (χ4n) is 2.88. The standard InChI is InChI=1S/C17H21N3O2S2/c1-9-5-6-11-12(8-23-13(11)7-9)15(21)19-17-18-10(2)14(24-17)16(22)20(3)4/h8-9H,5-7H2,1-4H3,(H,18,19,21). The molecular formula is C17H21N3O2S2. The van der Waals surface area contributed by atoms with Crippen LogP contribution in [0.5, 0.6) is 0 Å². The summed E-state index contributed by atoms with van der Waals surface area (Å²) in [5.74, 6) is 0.473. The van der Waals surface area contributed by atoms with E-state index in [0.717, 1.165) is 24.8 Å². The molecule has 2 amide bonds. The number of amides is 2. The predicted molar refractivity (Wildman–Crippen MR) is 98.3 cm³/mol.